The van der Waals surface area contributed by atoms with Crippen LogP contribution in [-0.4, -0.2) is 45.4 Å². The van der Waals surface area contributed by atoms with Gasteiger partial charge in [-0.1, -0.05) is 97.8 Å². The Bertz CT molecular complexity index is 372. The molecule has 0 aliphatic rings. The molecule has 0 amide bonds. The van der Waals surface area contributed by atoms with E-state index in [1.165, 1.54) is 70.6 Å². The Balaban J connectivity index is 0. The number of unbranched alkanes of at least 4 members (excludes halogenated alkanes) is 13. The molecule has 0 saturated carbocycles. The summed E-state index contributed by atoms with van der Waals surface area (Å²) in [5, 5.41) is 0. The molecule has 0 aromatic carbocycles. The van der Waals surface area contributed by atoms with Crippen molar-refractivity contribution in [2.24, 2.45) is 0 Å². The van der Waals surface area contributed by atoms with E-state index in [1.807, 2.05) is 21.1 Å². The van der Waals surface area contributed by atoms with Gasteiger partial charge in [0.15, 0.2) is 0 Å². The Morgan fingerprint density at radius 2 is 1.04 bits per heavy atom. The summed E-state index contributed by atoms with van der Waals surface area (Å²) in [7, 11) is 1.86. The number of likely N-dealkylation sites (N-methyl/N-ethyl adjacent to an activating group) is 1. The van der Waals surface area contributed by atoms with Crippen molar-refractivity contribution in [3.05, 3.63) is 0 Å². The highest BCUT2D eigenvalue weighted by atomic mass is 31.2. The number of hydrogen-bond acceptors (Lipinski definition) is 4. The summed E-state index contributed by atoms with van der Waals surface area (Å²) in [6.45, 7) is 3.30. The van der Waals surface area contributed by atoms with Crippen molar-refractivity contribution < 1.29 is 23.0 Å². The van der Waals surface area contributed by atoms with Crippen molar-refractivity contribution in [2.75, 3.05) is 40.9 Å². The summed E-state index contributed by atoms with van der Waals surface area (Å²) in [5.41, 5.74) is 0. The Morgan fingerprint density at radius 3 is 1.43 bits per heavy atom. The van der Waals surface area contributed by atoms with E-state index in [2.05, 4.69) is 6.92 Å². The molecular weight excluding hydrogens is 373 g/mol. The van der Waals surface area contributed by atoms with Crippen LogP contribution in [-0.2, 0) is 13.6 Å². The third-order valence-electron chi connectivity index (χ3n) is 4.76. The van der Waals surface area contributed by atoms with Gasteiger partial charge in [-0.15, -0.1) is 0 Å². The van der Waals surface area contributed by atoms with E-state index < -0.39 is 7.82 Å². The summed E-state index contributed by atoms with van der Waals surface area (Å²) in [5.74, 6) is 0. The number of nitrogens with zero attached hydrogens (tertiary/aromatic N) is 1. The van der Waals surface area contributed by atoms with E-state index in [0.717, 1.165) is 19.3 Å². The van der Waals surface area contributed by atoms with Gasteiger partial charge in [0.1, 0.15) is 13.2 Å². The highest BCUT2D eigenvalue weighted by molar-refractivity contribution is 7.45. The van der Waals surface area contributed by atoms with Crippen LogP contribution in [0, 0.1) is 0 Å². The molecule has 0 aromatic heterocycles. The zero-order valence-electron chi connectivity index (χ0n) is 18.5. The summed E-state index contributed by atoms with van der Waals surface area (Å²) in [6.07, 6.45) is 17.9. The highest BCUT2D eigenvalue weighted by Gasteiger charge is 2.12. The van der Waals surface area contributed by atoms with Gasteiger partial charge in [0.25, 0.3) is 7.82 Å². The number of hydrogen-bond donors (Lipinski definition) is 0. The number of quaternary nitrogens is 1. The van der Waals surface area contributed by atoms with Crippen LogP contribution in [0.3, 0.4) is 0 Å². The van der Waals surface area contributed by atoms with Crippen LogP contribution >= 0.6 is 7.82 Å². The average Bonchev–Trinajstić information content (AvgIpc) is 2.57. The molecule has 0 saturated heterocycles. The van der Waals surface area contributed by atoms with Crippen molar-refractivity contribution in [2.45, 2.75) is 104 Å². The predicted octanol–water partition coefficient (Wildman–Crippen LogP) is 6.31. The first kappa shape index (κ1) is 30.3. The first-order valence-electron chi connectivity index (χ1n) is 11.2. The summed E-state index contributed by atoms with van der Waals surface area (Å²) in [4.78, 5) is 11.6. The smallest absolute Gasteiger partial charge is 0.268 e. The Kier molecular flexibility index (Phi) is 20.6. The molecule has 0 spiro atoms. The normalized spacial score (nSPS) is 13.9. The second kappa shape index (κ2) is 19.1. The van der Waals surface area contributed by atoms with Gasteiger partial charge >= 0.3 is 0 Å². The number of rotatable bonds is 20. The molecule has 0 heterocycles. The Morgan fingerprint density at radius 1 is 0.679 bits per heavy atom. The molecule has 5 nitrogen and oxygen atoms in total. The first-order chi connectivity index (χ1) is 12.8. The van der Waals surface area contributed by atoms with Crippen molar-refractivity contribution >= 4 is 7.82 Å². The molecule has 0 bridgehead atoms. The maximum atomic E-state index is 11.6. The van der Waals surface area contributed by atoms with Crippen LogP contribution in [0.1, 0.15) is 104 Å². The molecule has 0 fully saturated rings. The van der Waals surface area contributed by atoms with E-state index in [4.69, 9.17) is 9.05 Å². The minimum absolute atomic E-state index is 0. The zero-order valence-corrected chi connectivity index (χ0v) is 19.4. The second-order valence-electron chi connectivity index (χ2n) is 8.72. The van der Waals surface area contributed by atoms with Gasteiger partial charge in [-0.2, -0.15) is 0 Å². The lowest BCUT2D eigenvalue weighted by Gasteiger charge is -2.27. The van der Waals surface area contributed by atoms with Gasteiger partial charge in [-0.3, -0.25) is 4.57 Å². The van der Waals surface area contributed by atoms with Crippen LogP contribution in [0.2, 0.25) is 0 Å². The molecule has 0 aliphatic heterocycles. The van der Waals surface area contributed by atoms with Gasteiger partial charge in [-0.05, 0) is 6.42 Å². The Labute approximate surface area is 176 Å². The van der Waals surface area contributed by atoms with Crippen LogP contribution in [0.4, 0.5) is 0 Å². The zero-order chi connectivity index (χ0) is 20.4. The summed E-state index contributed by atoms with van der Waals surface area (Å²) < 4.78 is 22.1. The molecule has 6 heteroatoms. The largest absolute Gasteiger partial charge is 0.756 e. The lowest BCUT2D eigenvalue weighted by Crippen LogP contribution is -2.37. The second-order valence-corrected chi connectivity index (χ2v) is 10.1. The fraction of sp³-hybridized carbons (Fsp3) is 1.00. The van der Waals surface area contributed by atoms with Gasteiger partial charge in [0, 0.05) is 0 Å². The summed E-state index contributed by atoms with van der Waals surface area (Å²) >= 11 is 0. The molecule has 172 valence electrons. The van der Waals surface area contributed by atoms with Crippen LogP contribution in [0.15, 0.2) is 0 Å². The molecule has 0 N–H and O–H groups in total. The Hall–Kier alpha value is 0.0700. The van der Waals surface area contributed by atoms with Crippen LogP contribution in [0.25, 0.3) is 0 Å². The lowest BCUT2D eigenvalue weighted by molar-refractivity contribution is -0.870. The highest BCUT2D eigenvalue weighted by Crippen LogP contribution is 2.38. The molecule has 28 heavy (non-hydrogen) atoms. The quantitative estimate of drug-likeness (QED) is 0.131. The molecule has 1 unspecified atom stereocenters. The standard InChI is InChI=1S/C21H46NO4P.CH4/c1-5-6-7-8-9-10-11-12-13-14-15-16-17-18-20-25-27(23,24)26-21-19-22(2,3)4;/h5-21H2,1-4H3;1H4. The van der Waals surface area contributed by atoms with E-state index in [-0.39, 0.29) is 20.6 Å². The van der Waals surface area contributed by atoms with Crippen molar-refractivity contribution in [3.63, 3.8) is 0 Å². The van der Waals surface area contributed by atoms with E-state index in [9.17, 15) is 9.46 Å². The minimum atomic E-state index is -4.13. The van der Waals surface area contributed by atoms with Gasteiger partial charge < -0.3 is 18.4 Å². The predicted molar refractivity (Wildman–Crippen MR) is 119 cm³/mol. The van der Waals surface area contributed by atoms with E-state index in [1.54, 1.807) is 0 Å². The molecule has 0 rings (SSSR count). The average molecular weight is 424 g/mol. The van der Waals surface area contributed by atoms with Gasteiger partial charge in [-0.25, -0.2) is 0 Å². The van der Waals surface area contributed by atoms with Gasteiger partial charge in [0.05, 0.1) is 27.7 Å². The maximum absolute atomic E-state index is 11.6. The van der Waals surface area contributed by atoms with Crippen LogP contribution in [0.5, 0.6) is 0 Å². The lowest BCUT2D eigenvalue weighted by atomic mass is 10.0. The first-order valence-corrected chi connectivity index (χ1v) is 12.6. The van der Waals surface area contributed by atoms with Gasteiger partial charge in [0.2, 0.25) is 0 Å². The molecule has 0 aliphatic carbocycles. The number of phosphoric ester groups is 1. The van der Waals surface area contributed by atoms with Crippen molar-refractivity contribution in [1.29, 1.82) is 0 Å². The van der Waals surface area contributed by atoms with Crippen molar-refractivity contribution in [3.8, 4) is 0 Å². The monoisotopic (exact) mass is 423 g/mol. The molecule has 0 radical (unpaired) electrons. The minimum Gasteiger partial charge on any atom is -0.756 e. The van der Waals surface area contributed by atoms with Crippen LogP contribution < -0.4 is 4.89 Å². The fourth-order valence-corrected chi connectivity index (χ4v) is 3.67. The SMILES string of the molecule is C.CCCCCCCCCCCCCCCCOP(=O)([O-])OCC[N+](C)(C)C. The maximum Gasteiger partial charge on any atom is 0.268 e. The van der Waals surface area contributed by atoms with E-state index >= 15 is 0 Å². The molecule has 0 aromatic rings. The molecular formula is C22H50NO4P. The van der Waals surface area contributed by atoms with Crippen molar-refractivity contribution in [1.82, 2.24) is 0 Å². The molecule has 1 atom stereocenters. The third-order valence-corrected chi connectivity index (χ3v) is 5.76. The third kappa shape index (κ3) is 24.1. The summed E-state index contributed by atoms with van der Waals surface area (Å²) in [6, 6.07) is 0. The fourth-order valence-electron chi connectivity index (χ4n) is 2.94. The number of phosphoric acid groups is 1. The topological polar surface area (TPSA) is 58.6 Å². The van der Waals surface area contributed by atoms with E-state index in [0.29, 0.717) is 11.0 Å².